The minimum absolute atomic E-state index is 0.248. The molecule has 0 radical (unpaired) electrons. The van der Waals surface area contributed by atoms with Gasteiger partial charge in [-0.2, -0.15) is 0 Å². The Bertz CT molecular complexity index is 1820. The minimum Gasteiger partial charge on any atom is -0.480 e. The van der Waals surface area contributed by atoms with E-state index in [9.17, 15) is 22.0 Å². The largest absolute Gasteiger partial charge is 0.480 e. The predicted octanol–water partition coefficient (Wildman–Crippen LogP) is 5.14. The molecular weight excluding hydrogens is 594 g/mol. The summed E-state index contributed by atoms with van der Waals surface area (Å²) in [5, 5.41) is 0.706. The molecule has 0 bridgehead atoms. The van der Waals surface area contributed by atoms with E-state index in [1.54, 1.807) is 17.0 Å². The van der Waals surface area contributed by atoms with Gasteiger partial charge in [0.05, 0.1) is 12.6 Å². The van der Waals surface area contributed by atoms with Crippen molar-refractivity contribution in [1.29, 1.82) is 0 Å². The molecular formula is C30H32F2N6O5S. The van der Waals surface area contributed by atoms with Gasteiger partial charge in [-0.1, -0.05) is 6.07 Å². The van der Waals surface area contributed by atoms with E-state index in [0.29, 0.717) is 59.6 Å². The Kier molecular flexibility index (Phi) is 8.30. The third-order valence-corrected chi connectivity index (χ3v) is 8.25. The number of nitrogens with zero attached hydrogens (tertiary/aromatic N) is 5. The van der Waals surface area contributed by atoms with Gasteiger partial charge < -0.3 is 19.3 Å². The molecule has 1 N–H and O–H groups in total. The normalized spacial score (nSPS) is 14.1. The number of ether oxygens (including phenoxy) is 2. The first-order valence-corrected chi connectivity index (χ1v) is 15.2. The van der Waals surface area contributed by atoms with Crippen molar-refractivity contribution in [2.75, 3.05) is 42.9 Å². The van der Waals surface area contributed by atoms with E-state index in [1.807, 2.05) is 36.5 Å². The predicted molar refractivity (Wildman–Crippen MR) is 161 cm³/mol. The van der Waals surface area contributed by atoms with Crippen molar-refractivity contribution in [3.63, 3.8) is 0 Å². The van der Waals surface area contributed by atoms with Gasteiger partial charge in [0.25, 0.3) is 10.0 Å². The number of carbonyl (C=O) groups is 1. The molecule has 3 heterocycles. The highest BCUT2D eigenvalue weighted by molar-refractivity contribution is 7.92. The molecule has 232 valence electrons. The van der Waals surface area contributed by atoms with Crippen LogP contribution in [0.2, 0.25) is 0 Å². The number of sulfonamides is 1. The van der Waals surface area contributed by atoms with Crippen molar-refractivity contribution in [1.82, 2.24) is 19.9 Å². The third kappa shape index (κ3) is 6.49. The summed E-state index contributed by atoms with van der Waals surface area (Å²) in [6.45, 7) is 8.87. The fourth-order valence-electron chi connectivity index (χ4n) is 4.82. The number of nitrogens with one attached hydrogen (secondary N) is 1. The van der Waals surface area contributed by atoms with Crippen LogP contribution in [0.25, 0.3) is 22.0 Å². The number of benzene rings is 2. The molecule has 0 saturated carbocycles. The number of pyridine rings is 1. The Balaban J connectivity index is 1.46. The average Bonchev–Trinajstić information content (AvgIpc) is 2.97. The van der Waals surface area contributed by atoms with E-state index in [1.165, 1.54) is 32.6 Å². The van der Waals surface area contributed by atoms with Crippen LogP contribution in [-0.4, -0.2) is 73.3 Å². The zero-order valence-corrected chi connectivity index (χ0v) is 25.7. The van der Waals surface area contributed by atoms with Gasteiger partial charge in [-0.15, -0.1) is 0 Å². The SMILES string of the molecule is COc1ncc(-c2ccc3ncnc(N4CCN(C(=O)OC(C)(C)C)CC4)c3c2)cc1S(=O)(=O)Nc1c(F)cc(C)cc1F. The van der Waals surface area contributed by atoms with Crippen LogP contribution in [0.4, 0.5) is 25.1 Å². The Labute approximate surface area is 253 Å². The molecule has 14 heteroatoms. The number of hydrogen-bond acceptors (Lipinski definition) is 9. The van der Waals surface area contributed by atoms with Crippen molar-refractivity contribution in [2.24, 2.45) is 0 Å². The molecule has 0 aliphatic carbocycles. The maximum absolute atomic E-state index is 14.5. The number of aryl methyl sites for hydroxylation is 1. The summed E-state index contributed by atoms with van der Waals surface area (Å²) < 4.78 is 68.4. The molecule has 1 fully saturated rings. The highest BCUT2D eigenvalue weighted by Crippen LogP contribution is 2.33. The van der Waals surface area contributed by atoms with Gasteiger partial charge in [0.1, 0.15) is 28.3 Å². The van der Waals surface area contributed by atoms with Crippen molar-refractivity contribution in [3.05, 3.63) is 66.1 Å². The number of halogens is 2. The maximum Gasteiger partial charge on any atom is 0.410 e. The highest BCUT2D eigenvalue weighted by atomic mass is 32.2. The van der Waals surface area contributed by atoms with Gasteiger partial charge in [-0.3, -0.25) is 4.72 Å². The lowest BCUT2D eigenvalue weighted by atomic mass is 10.0. The molecule has 1 aliphatic rings. The number of amides is 1. The number of anilines is 2. The summed E-state index contributed by atoms with van der Waals surface area (Å²) >= 11 is 0. The first-order chi connectivity index (χ1) is 20.8. The van der Waals surface area contributed by atoms with Crippen LogP contribution in [-0.2, 0) is 14.8 Å². The average molecular weight is 627 g/mol. The molecule has 1 amide bonds. The fraction of sp³-hybridized carbons (Fsp3) is 0.333. The number of hydrogen-bond donors (Lipinski definition) is 1. The topological polar surface area (TPSA) is 127 Å². The van der Waals surface area contributed by atoms with E-state index in [-0.39, 0.29) is 12.0 Å². The molecule has 11 nitrogen and oxygen atoms in total. The molecule has 0 unspecified atom stereocenters. The second kappa shape index (κ2) is 11.8. The number of aromatic nitrogens is 3. The van der Waals surface area contributed by atoms with Crippen LogP contribution in [0, 0.1) is 18.6 Å². The zero-order chi connectivity index (χ0) is 31.8. The van der Waals surface area contributed by atoms with Gasteiger partial charge in [-0.05, 0) is 69.2 Å². The maximum atomic E-state index is 14.5. The monoisotopic (exact) mass is 626 g/mol. The van der Waals surface area contributed by atoms with Gasteiger partial charge in [0.2, 0.25) is 5.88 Å². The summed E-state index contributed by atoms with van der Waals surface area (Å²) in [5.74, 6) is -1.70. The molecule has 0 atom stereocenters. The van der Waals surface area contributed by atoms with E-state index in [4.69, 9.17) is 9.47 Å². The van der Waals surface area contributed by atoms with Crippen molar-refractivity contribution < 1.29 is 31.5 Å². The number of rotatable bonds is 6. The number of fused-ring (bicyclic) bond motifs is 1. The van der Waals surface area contributed by atoms with Gasteiger partial charge in [0, 0.05) is 43.3 Å². The number of piperazine rings is 1. The van der Waals surface area contributed by atoms with Gasteiger partial charge in [0.15, 0.2) is 11.6 Å². The van der Waals surface area contributed by atoms with Gasteiger partial charge in [-0.25, -0.2) is 36.9 Å². The molecule has 0 spiro atoms. The first-order valence-electron chi connectivity index (χ1n) is 13.8. The van der Waals surface area contributed by atoms with E-state index in [0.717, 1.165) is 12.1 Å². The van der Waals surface area contributed by atoms with Gasteiger partial charge >= 0.3 is 6.09 Å². The summed E-state index contributed by atoms with van der Waals surface area (Å²) in [6, 6.07) is 8.73. The van der Waals surface area contributed by atoms with Crippen LogP contribution in [0.15, 0.2) is 53.8 Å². The molecule has 5 rings (SSSR count). The molecule has 2 aromatic carbocycles. The van der Waals surface area contributed by atoms with Crippen molar-refractivity contribution in [2.45, 2.75) is 38.2 Å². The second-order valence-electron chi connectivity index (χ2n) is 11.3. The van der Waals surface area contributed by atoms with Crippen LogP contribution >= 0.6 is 0 Å². The van der Waals surface area contributed by atoms with E-state index < -0.39 is 37.8 Å². The van der Waals surface area contributed by atoms with E-state index >= 15 is 0 Å². The Morgan fingerprint density at radius 1 is 0.955 bits per heavy atom. The molecule has 4 aromatic rings. The number of methoxy groups -OCH3 is 1. The van der Waals surface area contributed by atoms with E-state index in [2.05, 4.69) is 15.0 Å². The Morgan fingerprint density at radius 2 is 1.64 bits per heavy atom. The van der Waals surface area contributed by atoms with Crippen molar-refractivity contribution >= 4 is 38.5 Å². The summed E-state index contributed by atoms with van der Waals surface area (Å²) in [5.41, 5.74) is 0.569. The molecule has 1 aliphatic heterocycles. The van der Waals surface area contributed by atoms with Crippen LogP contribution < -0.4 is 14.4 Å². The highest BCUT2D eigenvalue weighted by Gasteiger charge is 2.28. The Morgan fingerprint density at radius 3 is 2.27 bits per heavy atom. The lowest BCUT2D eigenvalue weighted by Crippen LogP contribution is -2.50. The summed E-state index contributed by atoms with van der Waals surface area (Å²) in [4.78, 5) is 28.9. The van der Waals surface area contributed by atoms with Crippen LogP contribution in [0.1, 0.15) is 26.3 Å². The Hall–Kier alpha value is -4.59. The second-order valence-corrected chi connectivity index (χ2v) is 13.0. The summed E-state index contributed by atoms with van der Waals surface area (Å²) in [6.07, 6.45) is 2.54. The van der Waals surface area contributed by atoms with Crippen molar-refractivity contribution in [3.8, 4) is 17.0 Å². The third-order valence-electron chi connectivity index (χ3n) is 6.90. The minimum atomic E-state index is -4.53. The number of carbonyl (C=O) groups excluding carboxylic acids is 1. The zero-order valence-electron chi connectivity index (χ0n) is 24.9. The quantitative estimate of drug-likeness (QED) is 0.309. The smallest absolute Gasteiger partial charge is 0.410 e. The van der Waals surface area contributed by atoms with Crippen LogP contribution in [0.3, 0.4) is 0 Å². The molecule has 44 heavy (non-hydrogen) atoms. The first kappa shape index (κ1) is 30.9. The lowest BCUT2D eigenvalue weighted by molar-refractivity contribution is 0.0240. The summed E-state index contributed by atoms with van der Waals surface area (Å²) in [7, 11) is -3.28. The molecule has 1 saturated heterocycles. The van der Waals surface area contributed by atoms with Crippen LogP contribution in [0.5, 0.6) is 5.88 Å². The standard InChI is InChI=1S/C30H32F2N6O5S/c1-18-12-22(31)26(23(32)13-18)36-44(40,41)25-15-20(16-33-28(25)42-5)19-6-7-24-21(14-19)27(35-17-34-24)37-8-10-38(11-9-37)29(39)43-30(2,3)4/h6-7,12-17,36H,8-11H2,1-5H3. The molecule has 2 aromatic heterocycles. The fourth-order valence-corrected chi connectivity index (χ4v) is 6.05. The lowest BCUT2D eigenvalue weighted by Gasteiger charge is -2.36.